The lowest BCUT2D eigenvalue weighted by atomic mass is 9.99. The zero-order valence-corrected chi connectivity index (χ0v) is 37.2. The first-order chi connectivity index (χ1) is 28.3. The number of allylic oxidation sites excluding steroid dienone is 3. The molecule has 1 saturated heterocycles. The van der Waals surface area contributed by atoms with Crippen LogP contribution in [0.15, 0.2) is 24.3 Å². The number of amides is 1. The topological polar surface area (TPSA) is 169 Å². The molecule has 58 heavy (non-hydrogen) atoms. The fourth-order valence-electron chi connectivity index (χ4n) is 7.63. The second-order valence-corrected chi connectivity index (χ2v) is 17.0. The third-order valence-electron chi connectivity index (χ3n) is 11.6. The quantitative estimate of drug-likeness (QED) is 0.0235. The van der Waals surface area contributed by atoms with Gasteiger partial charge in [0.05, 0.1) is 25.4 Å². The van der Waals surface area contributed by atoms with Gasteiger partial charge in [0.2, 0.25) is 5.91 Å². The van der Waals surface area contributed by atoms with Crippen LogP contribution in [0.25, 0.3) is 0 Å². The summed E-state index contributed by atoms with van der Waals surface area (Å²) in [6, 6.07) is -0.980. The molecule has 0 saturated carbocycles. The Morgan fingerprint density at radius 1 is 0.586 bits per heavy atom. The summed E-state index contributed by atoms with van der Waals surface area (Å²) < 4.78 is 11.1. The highest BCUT2D eigenvalue weighted by molar-refractivity contribution is 5.80. The number of carbonyl (C=O) groups excluding carboxylic acids is 1. The van der Waals surface area contributed by atoms with Crippen LogP contribution in [0.3, 0.4) is 0 Å². The molecule has 10 nitrogen and oxygen atoms in total. The van der Waals surface area contributed by atoms with Gasteiger partial charge in [0.15, 0.2) is 6.29 Å². The smallest absolute Gasteiger partial charge is 0.249 e. The SMILES string of the molecule is CCCCCCCCCCC/C=C\CCCCCCCCC(O)C(=O)NC(COC1OC(CO)C(O)C(O)C1O)C(O)/C=C/CCCCCCCCCCCCCC. The Morgan fingerprint density at radius 3 is 1.45 bits per heavy atom. The number of aliphatic hydroxyl groups is 6. The molecule has 1 aliphatic rings. The minimum absolute atomic E-state index is 0.304. The molecular formula is C48H91NO9. The van der Waals surface area contributed by atoms with Crippen LogP contribution in [0.1, 0.15) is 213 Å². The van der Waals surface area contributed by atoms with Gasteiger partial charge in [-0.05, 0) is 44.9 Å². The maximum Gasteiger partial charge on any atom is 0.249 e. The van der Waals surface area contributed by atoms with Crippen molar-refractivity contribution in [3.8, 4) is 0 Å². The van der Waals surface area contributed by atoms with E-state index in [2.05, 4.69) is 31.3 Å². The maximum atomic E-state index is 13.0. The number of ether oxygens (including phenoxy) is 2. The Kier molecular flexibility index (Phi) is 36.3. The van der Waals surface area contributed by atoms with Crippen LogP contribution in [0.2, 0.25) is 0 Å². The normalized spacial score (nSPS) is 21.6. The fraction of sp³-hybridized carbons (Fsp3) is 0.896. The number of nitrogens with one attached hydrogen (secondary N) is 1. The van der Waals surface area contributed by atoms with Crippen molar-refractivity contribution in [2.24, 2.45) is 0 Å². The molecule has 0 spiro atoms. The molecule has 8 unspecified atom stereocenters. The second-order valence-electron chi connectivity index (χ2n) is 17.0. The van der Waals surface area contributed by atoms with E-state index in [4.69, 9.17) is 9.47 Å². The van der Waals surface area contributed by atoms with Crippen LogP contribution < -0.4 is 5.32 Å². The van der Waals surface area contributed by atoms with Crippen molar-refractivity contribution in [3.05, 3.63) is 24.3 Å². The van der Waals surface area contributed by atoms with E-state index >= 15 is 0 Å². The summed E-state index contributed by atoms with van der Waals surface area (Å²) in [7, 11) is 0. The van der Waals surface area contributed by atoms with Crippen molar-refractivity contribution >= 4 is 5.91 Å². The number of carbonyl (C=O) groups is 1. The standard InChI is InChI=1S/C48H91NO9/c1-3-5-7-9-11-13-15-17-19-20-21-22-23-25-27-29-31-33-35-37-42(52)47(56)49-40(39-57-48-46(55)45(54)44(53)43(38-50)58-48)41(51)36-34-32-30-28-26-24-18-16-14-12-10-8-6-4-2/h21-22,34,36,40-46,48,50-55H,3-20,23-33,35,37-39H2,1-2H3,(H,49,56)/b22-21-,36-34+. The van der Waals surface area contributed by atoms with Gasteiger partial charge in [-0.2, -0.15) is 0 Å². The van der Waals surface area contributed by atoms with E-state index in [1.54, 1.807) is 6.08 Å². The maximum absolute atomic E-state index is 13.0. The van der Waals surface area contributed by atoms with Crippen LogP contribution in [-0.2, 0) is 14.3 Å². The van der Waals surface area contributed by atoms with Crippen molar-refractivity contribution < 1.29 is 44.9 Å². The molecule has 1 heterocycles. The summed E-state index contributed by atoms with van der Waals surface area (Å²) >= 11 is 0. The van der Waals surface area contributed by atoms with Crippen LogP contribution in [0.4, 0.5) is 0 Å². The number of hydrogen-bond donors (Lipinski definition) is 7. The monoisotopic (exact) mass is 826 g/mol. The molecule has 0 aromatic carbocycles. The molecule has 8 atom stereocenters. The molecule has 0 bridgehead atoms. The summed E-state index contributed by atoms with van der Waals surface area (Å²) in [4.78, 5) is 13.0. The van der Waals surface area contributed by atoms with Crippen LogP contribution in [0.5, 0.6) is 0 Å². The van der Waals surface area contributed by atoms with E-state index in [0.717, 1.165) is 44.9 Å². The Morgan fingerprint density at radius 2 is 1.00 bits per heavy atom. The van der Waals surface area contributed by atoms with Gasteiger partial charge in [-0.15, -0.1) is 0 Å². The van der Waals surface area contributed by atoms with E-state index < -0.39 is 61.5 Å². The lowest BCUT2D eigenvalue weighted by molar-refractivity contribution is -0.302. The Balaban J connectivity index is 2.38. The van der Waals surface area contributed by atoms with Gasteiger partial charge in [-0.3, -0.25) is 4.79 Å². The Labute approximate surface area is 354 Å². The van der Waals surface area contributed by atoms with Crippen molar-refractivity contribution in [2.45, 2.75) is 262 Å². The van der Waals surface area contributed by atoms with Gasteiger partial charge in [0.25, 0.3) is 0 Å². The lowest BCUT2D eigenvalue weighted by Crippen LogP contribution is -2.60. The van der Waals surface area contributed by atoms with Gasteiger partial charge < -0.3 is 45.4 Å². The summed E-state index contributed by atoms with van der Waals surface area (Å²) in [5, 5.41) is 64.7. The van der Waals surface area contributed by atoms with Gasteiger partial charge in [0.1, 0.15) is 30.5 Å². The largest absolute Gasteiger partial charge is 0.394 e. The molecule has 1 fully saturated rings. The van der Waals surface area contributed by atoms with E-state index in [-0.39, 0.29) is 6.61 Å². The molecular weight excluding hydrogens is 735 g/mol. The van der Waals surface area contributed by atoms with Gasteiger partial charge in [0, 0.05) is 0 Å². The predicted molar refractivity (Wildman–Crippen MR) is 236 cm³/mol. The highest BCUT2D eigenvalue weighted by Crippen LogP contribution is 2.23. The number of hydrogen-bond acceptors (Lipinski definition) is 9. The van der Waals surface area contributed by atoms with E-state index in [9.17, 15) is 35.4 Å². The predicted octanol–water partition coefficient (Wildman–Crippen LogP) is 9.25. The molecule has 0 aliphatic carbocycles. The van der Waals surface area contributed by atoms with Crippen molar-refractivity contribution in [1.82, 2.24) is 5.32 Å². The second kappa shape index (κ2) is 38.5. The first-order valence-corrected chi connectivity index (χ1v) is 24.2. The highest BCUT2D eigenvalue weighted by Gasteiger charge is 2.44. The number of aliphatic hydroxyl groups excluding tert-OH is 6. The molecule has 10 heteroatoms. The third-order valence-corrected chi connectivity index (χ3v) is 11.6. The molecule has 1 amide bonds. The zero-order chi connectivity index (χ0) is 42.5. The van der Waals surface area contributed by atoms with E-state index in [1.165, 1.54) is 141 Å². The highest BCUT2D eigenvalue weighted by atomic mass is 16.7. The molecule has 342 valence electrons. The van der Waals surface area contributed by atoms with Crippen LogP contribution >= 0.6 is 0 Å². The fourth-order valence-corrected chi connectivity index (χ4v) is 7.63. The summed E-state index contributed by atoms with van der Waals surface area (Å²) in [6.45, 7) is 3.61. The Hall–Kier alpha value is -1.37. The zero-order valence-electron chi connectivity index (χ0n) is 37.2. The summed E-state index contributed by atoms with van der Waals surface area (Å²) in [5.74, 6) is -0.620. The molecule has 1 aliphatic heterocycles. The average molecular weight is 826 g/mol. The van der Waals surface area contributed by atoms with E-state index in [1.807, 2.05) is 6.08 Å². The molecule has 7 N–H and O–H groups in total. The minimum atomic E-state index is -1.61. The van der Waals surface area contributed by atoms with Crippen molar-refractivity contribution in [1.29, 1.82) is 0 Å². The molecule has 1 rings (SSSR count). The first kappa shape index (κ1) is 54.6. The summed E-state index contributed by atoms with van der Waals surface area (Å²) in [5.41, 5.74) is 0. The van der Waals surface area contributed by atoms with Gasteiger partial charge in [-0.25, -0.2) is 0 Å². The molecule has 0 aromatic rings. The number of rotatable bonds is 40. The van der Waals surface area contributed by atoms with E-state index in [0.29, 0.717) is 12.8 Å². The lowest BCUT2D eigenvalue weighted by Gasteiger charge is -2.40. The van der Waals surface area contributed by atoms with Gasteiger partial charge in [-0.1, -0.05) is 192 Å². The average Bonchev–Trinajstić information content (AvgIpc) is 3.22. The third kappa shape index (κ3) is 28.2. The van der Waals surface area contributed by atoms with Crippen molar-refractivity contribution in [3.63, 3.8) is 0 Å². The first-order valence-electron chi connectivity index (χ1n) is 24.2. The number of unbranched alkanes of at least 4 members (excludes halogenated alkanes) is 27. The Bertz CT molecular complexity index is 979. The van der Waals surface area contributed by atoms with Crippen LogP contribution in [0, 0.1) is 0 Å². The minimum Gasteiger partial charge on any atom is -0.394 e. The van der Waals surface area contributed by atoms with Crippen molar-refractivity contribution in [2.75, 3.05) is 13.2 Å². The molecule has 0 aromatic heterocycles. The van der Waals surface area contributed by atoms with Gasteiger partial charge >= 0.3 is 0 Å². The van der Waals surface area contributed by atoms with Crippen LogP contribution in [-0.4, -0.2) is 98.7 Å². The molecule has 0 radical (unpaired) electrons. The summed E-state index contributed by atoms with van der Waals surface area (Å²) in [6.07, 6.45) is 35.4.